The minimum atomic E-state index is 0.376. The third kappa shape index (κ3) is 2.61. The Morgan fingerprint density at radius 2 is 1.88 bits per heavy atom. The lowest BCUT2D eigenvalue weighted by Gasteiger charge is -2.38. The van der Waals surface area contributed by atoms with Gasteiger partial charge in [-0.15, -0.1) is 10.2 Å². The molecule has 0 radical (unpaired) electrons. The van der Waals surface area contributed by atoms with Crippen molar-refractivity contribution in [3.63, 3.8) is 0 Å². The number of hydrogen-bond donors (Lipinski definition) is 1. The highest BCUT2D eigenvalue weighted by atomic mass is 15.3. The molecular weight excluding hydrogens is 298 g/mol. The second-order valence-corrected chi connectivity index (χ2v) is 6.47. The molecule has 1 N–H and O–H groups in total. The van der Waals surface area contributed by atoms with Crippen LogP contribution in [0.3, 0.4) is 0 Å². The molecule has 2 aromatic heterocycles. The second kappa shape index (κ2) is 6.17. The van der Waals surface area contributed by atoms with Gasteiger partial charge in [-0.2, -0.15) is 0 Å². The third-order valence-corrected chi connectivity index (χ3v) is 4.65. The topological polar surface area (TPSA) is 53.9 Å². The largest absolute Gasteiger partial charge is 0.349 e. The minimum absolute atomic E-state index is 0.376. The molecule has 0 spiro atoms. The molecule has 2 atom stereocenters. The molecule has 4 rings (SSSR count). The number of nitrogens with zero attached hydrogens (tertiary/aromatic N) is 4. The molecule has 1 aliphatic heterocycles. The van der Waals surface area contributed by atoms with Crippen LogP contribution in [-0.4, -0.2) is 40.4 Å². The van der Waals surface area contributed by atoms with E-state index in [1.165, 1.54) is 0 Å². The van der Waals surface area contributed by atoms with E-state index >= 15 is 0 Å². The van der Waals surface area contributed by atoms with Gasteiger partial charge in [-0.05, 0) is 19.9 Å². The minimum Gasteiger partial charge on any atom is -0.349 e. The van der Waals surface area contributed by atoms with Crippen LogP contribution in [0, 0.1) is 0 Å². The van der Waals surface area contributed by atoms with Gasteiger partial charge >= 0.3 is 0 Å². The summed E-state index contributed by atoms with van der Waals surface area (Å²) in [5.41, 5.74) is 1.99. The summed E-state index contributed by atoms with van der Waals surface area (Å²) in [6.07, 6.45) is 3.73. The van der Waals surface area contributed by atoms with Crippen LogP contribution in [0.2, 0.25) is 0 Å². The smallest absolute Gasteiger partial charge is 0.161 e. The summed E-state index contributed by atoms with van der Waals surface area (Å²) in [5.74, 6) is 0.929. The van der Waals surface area contributed by atoms with Crippen molar-refractivity contribution in [3.05, 3.63) is 48.8 Å². The lowest BCUT2D eigenvalue weighted by Crippen LogP contribution is -2.54. The summed E-state index contributed by atoms with van der Waals surface area (Å²) in [6, 6.07) is 13.0. The van der Waals surface area contributed by atoms with E-state index in [4.69, 9.17) is 0 Å². The number of benzene rings is 1. The van der Waals surface area contributed by atoms with Crippen molar-refractivity contribution in [2.75, 3.05) is 18.0 Å². The van der Waals surface area contributed by atoms with Crippen LogP contribution in [-0.2, 0) is 0 Å². The maximum Gasteiger partial charge on any atom is 0.161 e. The normalized spacial score (nSPS) is 21.2. The zero-order valence-corrected chi connectivity index (χ0v) is 14.0. The summed E-state index contributed by atoms with van der Waals surface area (Å²) in [6.45, 7) is 6.29. The molecule has 1 aromatic carbocycles. The molecule has 3 aromatic rings. The maximum absolute atomic E-state index is 4.60. The van der Waals surface area contributed by atoms with E-state index < -0.39 is 0 Å². The molecule has 5 nitrogen and oxygen atoms in total. The standard InChI is InChI=1S/C19H21N5/c1-13-12-24(14(2)10-21-13)19-17-11-20-9-8-16(17)18(22-23-19)15-6-4-3-5-7-15/h3-9,11,13-14,21H,10,12H2,1-2H3/t13-,14+/m0/s1. The zero-order chi connectivity index (χ0) is 16.5. The van der Waals surface area contributed by atoms with E-state index in [0.717, 1.165) is 40.9 Å². The van der Waals surface area contributed by atoms with Gasteiger partial charge in [0.1, 0.15) is 5.69 Å². The third-order valence-electron chi connectivity index (χ3n) is 4.65. The molecule has 1 aliphatic rings. The van der Waals surface area contributed by atoms with Gasteiger partial charge in [0.25, 0.3) is 0 Å². The number of piperazine rings is 1. The molecule has 1 saturated heterocycles. The molecule has 1 fully saturated rings. The monoisotopic (exact) mass is 319 g/mol. The Labute approximate surface area is 141 Å². The van der Waals surface area contributed by atoms with Crippen LogP contribution in [0.1, 0.15) is 13.8 Å². The molecule has 5 heteroatoms. The Balaban J connectivity index is 1.87. The first-order chi connectivity index (χ1) is 11.7. The molecule has 24 heavy (non-hydrogen) atoms. The fourth-order valence-corrected chi connectivity index (χ4v) is 3.32. The van der Waals surface area contributed by atoms with Crippen molar-refractivity contribution in [2.45, 2.75) is 25.9 Å². The molecular formula is C19H21N5. The Morgan fingerprint density at radius 1 is 1.04 bits per heavy atom. The first-order valence-corrected chi connectivity index (χ1v) is 8.40. The van der Waals surface area contributed by atoms with Crippen molar-refractivity contribution in [1.82, 2.24) is 20.5 Å². The van der Waals surface area contributed by atoms with Gasteiger partial charge < -0.3 is 10.2 Å². The molecule has 122 valence electrons. The van der Waals surface area contributed by atoms with Gasteiger partial charge in [-0.1, -0.05) is 30.3 Å². The predicted molar refractivity (Wildman–Crippen MR) is 97.0 cm³/mol. The molecule has 0 unspecified atom stereocenters. The number of aromatic nitrogens is 3. The van der Waals surface area contributed by atoms with Gasteiger partial charge in [0.15, 0.2) is 5.82 Å². The zero-order valence-electron chi connectivity index (χ0n) is 14.0. The summed E-state index contributed by atoms with van der Waals surface area (Å²) in [7, 11) is 0. The van der Waals surface area contributed by atoms with E-state index in [-0.39, 0.29) is 0 Å². The maximum atomic E-state index is 4.60. The second-order valence-electron chi connectivity index (χ2n) is 6.47. The molecule has 0 bridgehead atoms. The van der Waals surface area contributed by atoms with Crippen LogP contribution < -0.4 is 10.2 Å². The average Bonchev–Trinajstić information content (AvgIpc) is 2.64. The Kier molecular flexibility index (Phi) is 3.86. The SMILES string of the molecule is C[C@@H]1CN[C@@H](C)CN1c1nnc(-c2ccccc2)c2ccncc12. The number of hydrogen-bond acceptors (Lipinski definition) is 5. The lowest BCUT2D eigenvalue weighted by atomic mass is 10.0. The fourth-order valence-electron chi connectivity index (χ4n) is 3.32. The summed E-state index contributed by atoms with van der Waals surface area (Å²) in [5, 5.41) is 14.8. The Bertz CT molecular complexity index is 849. The Hall–Kier alpha value is -2.53. The molecule has 0 aliphatic carbocycles. The van der Waals surface area contributed by atoms with Crippen LogP contribution in [0.5, 0.6) is 0 Å². The highest BCUT2D eigenvalue weighted by Gasteiger charge is 2.26. The number of anilines is 1. The molecule has 3 heterocycles. The van der Waals surface area contributed by atoms with Gasteiger partial charge in [-0.25, -0.2) is 0 Å². The Morgan fingerprint density at radius 3 is 2.71 bits per heavy atom. The van der Waals surface area contributed by atoms with Crippen molar-refractivity contribution in [1.29, 1.82) is 0 Å². The van der Waals surface area contributed by atoms with Gasteiger partial charge in [0.05, 0.1) is 0 Å². The van der Waals surface area contributed by atoms with Crippen LogP contribution in [0.4, 0.5) is 5.82 Å². The van der Waals surface area contributed by atoms with Crippen LogP contribution in [0.15, 0.2) is 48.8 Å². The first-order valence-electron chi connectivity index (χ1n) is 8.40. The highest BCUT2D eigenvalue weighted by molar-refractivity contribution is 5.99. The van der Waals surface area contributed by atoms with E-state index in [9.17, 15) is 0 Å². The number of nitrogens with one attached hydrogen (secondary N) is 1. The number of rotatable bonds is 2. The lowest BCUT2D eigenvalue weighted by molar-refractivity contribution is 0.422. The van der Waals surface area contributed by atoms with E-state index in [0.29, 0.717) is 12.1 Å². The van der Waals surface area contributed by atoms with Crippen LogP contribution >= 0.6 is 0 Å². The van der Waals surface area contributed by atoms with Crippen molar-refractivity contribution >= 4 is 16.6 Å². The van der Waals surface area contributed by atoms with E-state index in [1.54, 1.807) is 0 Å². The molecule has 0 saturated carbocycles. The average molecular weight is 319 g/mol. The summed E-state index contributed by atoms with van der Waals surface area (Å²) < 4.78 is 0. The number of pyridine rings is 1. The first kappa shape index (κ1) is 15.0. The van der Waals surface area contributed by atoms with Gasteiger partial charge in [-0.3, -0.25) is 4.98 Å². The van der Waals surface area contributed by atoms with Crippen molar-refractivity contribution in [3.8, 4) is 11.3 Å². The molecule has 0 amide bonds. The van der Waals surface area contributed by atoms with Gasteiger partial charge in [0.2, 0.25) is 0 Å². The highest BCUT2D eigenvalue weighted by Crippen LogP contribution is 2.31. The van der Waals surface area contributed by atoms with Crippen molar-refractivity contribution < 1.29 is 0 Å². The van der Waals surface area contributed by atoms with E-state index in [1.807, 2.05) is 36.7 Å². The quantitative estimate of drug-likeness (QED) is 0.787. The van der Waals surface area contributed by atoms with E-state index in [2.05, 4.69) is 51.4 Å². The number of fused-ring (bicyclic) bond motifs is 1. The predicted octanol–water partition coefficient (Wildman–Crippen LogP) is 2.88. The van der Waals surface area contributed by atoms with Crippen molar-refractivity contribution in [2.24, 2.45) is 0 Å². The summed E-state index contributed by atoms with van der Waals surface area (Å²) in [4.78, 5) is 6.68. The fraction of sp³-hybridized carbons (Fsp3) is 0.316. The van der Waals surface area contributed by atoms with Crippen LogP contribution in [0.25, 0.3) is 22.0 Å². The summed E-state index contributed by atoms with van der Waals surface area (Å²) >= 11 is 0. The van der Waals surface area contributed by atoms with Gasteiger partial charge in [0, 0.05) is 53.9 Å².